The lowest BCUT2D eigenvalue weighted by Gasteiger charge is -2.10. The van der Waals surface area contributed by atoms with Crippen molar-refractivity contribution in [3.63, 3.8) is 0 Å². The molecule has 2 aromatic rings. The van der Waals surface area contributed by atoms with Gasteiger partial charge in [-0.3, -0.25) is 0 Å². The molecule has 80 valence electrons. The van der Waals surface area contributed by atoms with Crippen LogP contribution in [0.4, 0.5) is 0 Å². The van der Waals surface area contributed by atoms with Crippen molar-refractivity contribution in [1.82, 2.24) is 0 Å². The highest BCUT2D eigenvalue weighted by molar-refractivity contribution is 9.10. The molecule has 1 heteroatoms. The van der Waals surface area contributed by atoms with Crippen LogP contribution in [0.2, 0.25) is 0 Å². The highest BCUT2D eigenvalue weighted by Gasteiger charge is 2.26. The fraction of sp³-hybridized carbons (Fsp3) is 0.200. The Balaban J connectivity index is 2.38. The predicted molar refractivity (Wildman–Crippen MR) is 71.8 cm³/mol. The summed E-state index contributed by atoms with van der Waals surface area (Å²) in [5.74, 6) is 0.527. The van der Waals surface area contributed by atoms with Gasteiger partial charge in [0.25, 0.3) is 0 Å². The zero-order valence-electron chi connectivity index (χ0n) is 9.42. The average molecular weight is 273 g/mol. The molecule has 0 fully saturated rings. The van der Waals surface area contributed by atoms with Gasteiger partial charge in [0.2, 0.25) is 0 Å². The Morgan fingerprint density at radius 3 is 2.62 bits per heavy atom. The fourth-order valence-electron chi connectivity index (χ4n) is 2.83. The predicted octanol–water partition coefficient (Wildman–Crippen LogP) is 4.89. The summed E-state index contributed by atoms with van der Waals surface area (Å²) in [5, 5.41) is 0. The average Bonchev–Trinajstić information content (AvgIpc) is 2.54. The van der Waals surface area contributed by atoms with Gasteiger partial charge in [0.1, 0.15) is 0 Å². The van der Waals surface area contributed by atoms with Crippen LogP contribution in [0.15, 0.2) is 40.9 Å². The SMILES string of the molecule is Cc1cc(Br)cc2c1C(C)c1ccccc1-2. The van der Waals surface area contributed by atoms with Gasteiger partial charge in [-0.2, -0.15) is 0 Å². The Hall–Kier alpha value is -1.08. The Bertz CT molecular complexity index is 570. The van der Waals surface area contributed by atoms with Crippen LogP contribution in [0.25, 0.3) is 11.1 Å². The number of halogens is 1. The molecule has 0 aromatic heterocycles. The molecule has 2 aromatic carbocycles. The third kappa shape index (κ3) is 1.28. The smallest absolute Gasteiger partial charge is 0.0184 e. The van der Waals surface area contributed by atoms with Crippen LogP contribution in [0.1, 0.15) is 29.5 Å². The van der Waals surface area contributed by atoms with Crippen molar-refractivity contribution in [2.45, 2.75) is 19.8 Å². The molecule has 0 radical (unpaired) electrons. The first-order chi connectivity index (χ1) is 7.68. The molecule has 0 bridgehead atoms. The van der Waals surface area contributed by atoms with Gasteiger partial charge in [0.05, 0.1) is 0 Å². The number of rotatable bonds is 0. The standard InChI is InChI=1S/C15H13Br/c1-9-7-11(16)8-14-13-6-4-3-5-12(13)10(2)15(9)14/h3-8,10H,1-2H3. The summed E-state index contributed by atoms with van der Waals surface area (Å²) in [4.78, 5) is 0. The van der Waals surface area contributed by atoms with E-state index in [4.69, 9.17) is 0 Å². The molecule has 0 heterocycles. The number of hydrogen-bond acceptors (Lipinski definition) is 0. The molecule has 0 amide bonds. The van der Waals surface area contributed by atoms with Gasteiger partial charge in [-0.1, -0.05) is 47.1 Å². The maximum atomic E-state index is 3.59. The van der Waals surface area contributed by atoms with Gasteiger partial charge in [-0.25, -0.2) is 0 Å². The molecule has 1 atom stereocenters. The minimum atomic E-state index is 0.527. The highest BCUT2D eigenvalue weighted by Crippen LogP contribution is 2.46. The Morgan fingerprint density at radius 2 is 1.81 bits per heavy atom. The number of hydrogen-bond donors (Lipinski definition) is 0. The zero-order chi connectivity index (χ0) is 11.3. The fourth-order valence-corrected chi connectivity index (χ4v) is 3.40. The molecule has 1 aliphatic carbocycles. The van der Waals surface area contributed by atoms with Crippen molar-refractivity contribution in [1.29, 1.82) is 0 Å². The Labute approximate surface area is 104 Å². The van der Waals surface area contributed by atoms with Crippen molar-refractivity contribution in [2.75, 3.05) is 0 Å². The van der Waals surface area contributed by atoms with Gasteiger partial charge < -0.3 is 0 Å². The molecule has 3 rings (SSSR count). The molecule has 0 aliphatic heterocycles. The monoisotopic (exact) mass is 272 g/mol. The van der Waals surface area contributed by atoms with Crippen LogP contribution in [0, 0.1) is 6.92 Å². The van der Waals surface area contributed by atoms with Crippen molar-refractivity contribution in [3.8, 4) is 11.1 Å². The lowest BCUT2D eigenvalue weighted by molar-refractivity contribution is 0.943. The van der Waals surface area contributed by atoms with E-state index < -0.39 is 0 Å². The molecule has 1 aliphatic rings. The van der Waals surface area contributed by atoms with Gasteiger partial charge in [0.15, 0.2) is 0 Å². The van der Waals surface area contributed by atoms with E-state index in [1.807, 2.05) is 0 Å². The summed E-state index contributed by atoms with van der Waals surface area (Å²) in [6.07, 6.45) is 0. The third-order valence-electron chi connectivity index (χ3n) is 3.50. The molecule has 0 nitrogen and oxygen atoms in total. The highest BCUT2D eigenvalue weighted by atomic mass is 79.9. The zero-order valence-corrected chi connectivity index (χ0v) is 11.0. The first kappa shape index (κ1) is 10.1. The Morgan fingerprint density at radius 1 is 1.06 bits per heavy atom. The van der Waals surface area contributed by atoms with Crippen molar-refractivity contribution in [3.05, 3.63) is 57.6 Å². The van der Waals surface area contributed by atoms with Crippen molar-refractivity contribution in [2.24, 2.45) is 0 Å². The van der Waals surface area contributed by atoms with E-state index in [-0.39, 0.29) is 0 Å². The van der Waals surface area contributed by atoms with Crippen LogP contribution in [-0.2, 0) is 0 Å². The number of benzene rings is 2. The molecule has 0 saturated carbocycles. The maximum Gasteiger partial charge on any atom is 0.0184 e. The van der Waals surface area contributed by atoms with Crippen LogP contribution in [0.5, 0.6) is 0 Å². The molecular weight excluding hydrogens is 260 g/mol. The molecular formula is C15H13Br. The lowest BCUT2D eigenvalue weighted by Crippen LogP contribution is -1.92. The molecule has 0 N–H and O–H groups in total. The first-order valence-electron chi connectivity index (χ1n) is 5.58. The van der Waals surface area contributed by atoms with Gasteiger partial charge in [0, 0.05) is 10.4 Å². The topological polar surface area (TPSA) is 0 Å². The first-order valence-corrected chi connectivity index (χ1v) is 6.37. The van der Waals surface area contributed by atoms with E-state index in [2.05, 4.69) is 66.2 Å². The van der Waals surface area contributed by atoms with E-state index in [1.165, 1.54) is 32.3 Å². The third-order valence-corrected chi connectivity index (χ3v) is 3.96. The van der Waals surface area contributed by atoms with Crippen molar-refractivity contribution >= 4 is 15.9 Å². The molecule has 0 spiro atoms. The van der Waals surface area contributed by atoms with E-state index in [0.717, 1.165) is 0 Å². The second-order valence-electron chi connectivity index (χ2n) is 4.49. The van der Waals surface area contributed by atoms with Crippen LogP contribution >= 0.6 is 15.9 Å². The lowest BCUT2D eigenvalue weighted by atomic mass is 9.95. The van der Waals surface area contributed by atoms with Gasteiger partial charge in [-0.05, 0) is 46.9 Å². The summed E-state index contributed by atoms with van der Waals surface area (Å²) < 4.78 is 1.17. The van der Waals surface area contributed by atoms with Crippen molar-refractivity contribution < 1.29 is 0 Å². The number of aryl methyl sites for hydroxylation is 1. The summed E-state index contributed by atoms with van der Waals surface area (Å²) >= 11 is 3.59. The maximum absolute atomic E-state index is 3.59. The summed E-state index contributed by atoms with van der Waals surface area (Å²) in [5.41, 5.74) is 7.13. The van der Waals surface area contributed by atoms with E-state index >= 15 is 0 Å². The Kier molecular flexibility index (Phi) is 2.18. The minimum absolute atomic E-state index is 0.527. The molecule has 0 saturated heterocycles. The summed E-state index contributed by atoms with van der Waals surface area (Å²) in [6, 6.07) is 13.2. The van der Waals surface area contributed by atoms with Crippen LogP contribution < -0.4 is 0 Å². The van der Waals surface area contributed by atoms with Gasteiger partial charge in [-0.15, -0.1) is 0 Å². The summed E-state index contributed by atoms with van der Waals surface area (Å²) in [6.45, 7) is 4.50. The van der Waals surface area contributed by atoms with Crippen LogP contribution in [-0.4, -0.2) is 0 Å². The second kappa shape index (κ2) is 3.46. The molecule has 1 unspecified atom stereocenters. The minimum Gasteiger partial charge on any atom is -0.0619 e. The summed E-state index contributed by atoms with van der Waals surface area (Å²) in [7, 11) is 0. The quantitative estimate of drug-likeness (QED) is 0.641. The normalized spacial score (nSPS) is 17.1. The van der Waals surface area contributed by atoms with E-state index in [0.29, 0.717) is 5.92 Å². The second-order valence-corrected chi connectivity index (χ2v) is 5.41. The van der Waals surface area contributed by atoms with E-state index in [1.54, 1.807) is 0 Å². The van der Waals surface area contributed by atoms with E-state index in [9.17, 15) is 0 Å². The molecule has 16 heavy (non-hydrogen) atoms. The van der Waals surface area contributed by atoms with Gasteiger partial charge >= 0.3 is 0 Å². The largest absolute Gasteiger partial charge is 0.0619 e. The number of fused-ring (bicyclic) bond motifs is 3. The van der Waals surface area contributed by atoms with Crippen LogP contribution in [0.3, 0.4) is 0 Å².